The third-order valence-corrected chi connectivity index (χ3v) is 4.74. The van der Waals surface area contributed by atoms with Crippen molar-refractivity contribution in [2.45, 2.75) is 57.7 Å². The Labute approximate surface area is 123 Å². The first-order valence-corrected chi connectivity index (χ1v) is 8.32. The zero-order chi connectivity index (χ0) is 13.8. The molecule has 2 aliphatic rings. The summed E-state index contributed by atoms with van der Waals surface area (Å²) in [7, 11) is 0. The molecule has 20 heavy (non-hydrogen) atoms. The van der Waals surface area contributed by atoms with Crippen LogP contribution in [0.4, 0.5) is 0 Å². The van der Waals surface area contributed by atoms with Crippen LogP contribution in [-0.2, 0) is 6.54 Å². The topological polar surface area (TPSA) is 15.3 Å². The molecule has 1 aromatic carbocycles. The van der Waals surface area contributed by atoms with E-state index in [1.165, 1.54) is 50.8 Å². The molecule has 1 atom stereocenters. The first-order chi connectivity index (χ1) is 9.79. The Balaban J connectivity index is 1.38. The summed E-state index contributed by atoms with van der Waals surface area (Å²) >= 11 is 0. The first kappa shape index (κ1) is 14.1. The number of hydrogen-bond acceptors (Lipinski definition) is 2. The van der Waals surface area contributed by atoms with Crippen LogP contribution in [0.5, 0.6) is 0 Å². The van der Waals surface area contributed by atoms with Crippen LogP contribution in [0.15, 0.2) is 30.3 Å². The van der Waals surface area contributed by atoms with Crippen LogP contribution in [0.1, 0.15) is 44.6 Å². The lowest BCUT2D eigenvalue weighted by Crippen LogP contribution is -2.45. The summed E-state index contributed by atoms with van der Waals surface area (Å²) in [5.41, 5.74) is 1.45. The first-order valence-electron chi connectivity index (χ1n) is 8.32. The Hall–Kier alpha value is -0.860. The number of nitrogens with one attached hydrogen (secondary N) is 1. The molecule has 0 radical (unpaired) electrons. The summed E-state index contributed by atoms with van der Waals surface area (Å²) in [5.74, 6) is 1.04. The number of likely N-dealkylation sites (tertiary alicyclic amines) is 1. The van der Waals surface area contributed by atoms with Gasteiger partial charge < -0.3 is 5.32 Å². The fraction of sp³-hybridized carbons (Fsp3) is 0.667. The Kier molecular flexibility index (Phi) is 4.74. The monoisotopic (exact) mass is 272 g/mol. The molecule has 3 rings (SSSR count). The van der Waals surface area contributed by atoms with Crippen molar-refractivity contribution < 1.29 is 0 Å². The van der Waals surface area contributed by atoms with E-state index < -0.39 is 0 Å². The highest BCUT2D eigenvalue weighted by Gasteiger charge is 2.26. The molecule has 0 aromatic heterocycles. The van der Waals surface area contributed by atoms with Gasteiger partial charge in [0.15, 0.2) is 0 Å². The number of rotatable bonds is 6. The fourth-order valence-corrected chi connectivity index (χ4v) is 3.42. The van der Waals surface area contributed by atoms with E-state index >= 15 is 0 Å². The van der Waals surface area contributed by atoms with E-state index in [9.17, 15) is 0 Å². The van der Waals surface area contributed by atoms with Crippen molar-refractivity contribution in [1.29, 1.82) is 0 Å². The highest BCUT2D eigenvalue weighted by atomic mass is 15.1. The van der Waals surface area contributed by atoms with Crippen LogP contribution in [0.2, 0.25) is 0 Å². The van der Waals surface area contributed by atoms with Gasteiger partial charge in [-0.2, -0.15) is 0 Å². The van der Waals surface area contributed by atoms with E-state index in [4.69, 9.17) is 0 Å². The van der Waals surface area contributed by atoms with Gasteiger partial charge in [0.05, 0.1) is 0 Å². The van der Waals surface area contributed by atoms with Gasteiger partial charge in [0, 0.05) is 18.6 Å². The van der Waals surface area contributed by atoms with Gasteiger partial charge in [-0.25, -0.2) is 0 Å². The number of nitrogens with zero attached hydrogens (tertiary/aromatic N) is 1. The normalized spacial score (nSPS) is 22.9. The van der Waals surface area contributed by atoms with Crippen LogP contribution < -0.4 is 5.32 Å². The molecule has 2 nitrogen and oxygen atoms in total. The van der Waals surface area contributed by atoms with Gasteiger partial charge in [-0.15, -0.1) is 0 Å². The van der Waals surface area contributed by atoms with Crippen LogP contribution in [0.3, 0.4) is 0 Å². The fourth-order valence-electron chi connectivity index (χ4n) is 3.42. The van der Waals surface area contributed by atoms with Crippen molar-refractivity contribution in [3.63, 3.8) is 0 Å². The second-order valence-corrected chi connectivity index (χ2v) is 6.78. The van der Waals surface area contributed by atoms with Crippen LogP contribution in [-0.4, -0.2) is 30.1 Å². The van der Waals surface area contributed by atoms with E-state index in [1.807, 2.05) is 0 Å². The summed E-state index contributed by atoms with van der Waals surface area (Å²) in [6.07, 6.45) is 6.96. The van der Waals surface area contributed by atoms with Gasteiger partial charge in [-0.05, 0) is 50.8 Å². The third kappa shape index (κ3) is 4.32. The van der Waals surface area contributed by atoms with Gasteiger partial charge >= 0.3 is 0 Å². The molecule has 1 unspecified atom stereocenters. The van der Waals surface area contributed by atoms with Crippen molar-refractivity contribution in [2.75, 3.05) is 13.1 Å². The van der Waals surface area contributed by atoms with Crippen molar-refractivity contribution in [2.24, 2.45) is 5.92 Å². The van der Waals surface area contributed by atoms with Gasteiger partial charge in [-0.1, -0.05) is 43.2 Å². The van der Waals surface area contributed by atoms with Crippen molar-refractivity contribution in [1.82, 2.24) is 10.2 Å². The Bertz CT molecular complexity index is 391. The molecule has 0 bridgehead atoms. The summed E-state index contributed by atoms with van der Waals surface area (Å²) in [4.78, 5) is 2.60. The predicted octanol–water partition coefficient (Wildman–Crippen LogP) is 3.43. The second-order valence-electron chi connectivity index (χ2n) is 6.78. The van der Waals surface area contributed by atoms with Gasteiger partial charge in [0.2, 0.25) is 0 Å². The van der Waals surface area contributed by atoms with Crippen LogP contribution in [0, 0.1) is 5.92 Å². The summed E-state index contributed by atoms with van der Waals surface area (Å²) in [6.45, 7) is 5.96. The third-order valence-electron chi connectivity index (χ3n) is 4.74. The lowest BCUT2D eigenvalue weighted by Gasteiger charge is -2.34. The van der Waals surface area contributed by atoms with E-state index in [0.29, 0.717) is 6.04 Å². The number of hydrogen-bond donors (Lipinski definition) is 1. The zero-order valence-electron chi connectivity index (χ0n) is 12.7. The maximum absolute atomic E-state index is 3.85. The second kappa shape index (κ2) is 6.73. The Morgan fingerprint density at radius 3 is 2.45 bits per heavy atom. The smallest absolute Gasteiger partial charge is 0.0233 e. The van der Waals surface area contributed by atoms with E-state index in [1.54, 1.807) is 0 Å². The number of benzene rings is 1. The van der Waals surface area contributed by atoms with Gasteiger partial charge in [0.25, 0.3) is 0 Å². The standard InChI is InChI=1S/C18H28N2/c1-15(13-16-7-8-16)19-18-9-11-20(12-10-18)14-17-5-3-2-4-6-17/h2-6,15-16,18-19H,7-14H2,1H3. The zero-order valence-corrected chi connectivity index (χ0v) is 12.7. The van der Waals surface area contributed by atoms with Gasteiger partial charge in [0.1, 0.15) is 0 Å². The van der Waals surface area contributed by atoms with E-state index in [2.05, 4.69) is 47.5 Å². The molecule has 1 N–H and O–H groups in total. The van der Waals surface area contributed by atoms with Gasteiger partial charge in [-0.3, -0.25) is 4.90 Å². The molecule has 0 spiro atoms. The summed E-state index contributed by atoms with van der Waals surface area (Å²) in [6, 6.07) is 12.3. The quantitative estimate of drug-likeness (QED) is 0.853. The van der Waals surface area contributed by atoms with Crippen LogP contribution in [0.25, 0.3) is 0 Å². The predicted molar refractivity (Wildman–Crippen MR) is 84.7 cm³/mol. The van der Waals surface area contributed by atoms with Crippen molar-refractivity contribution >= 4 is 0 Å². The van der Waals surface area contributed by atoms with Crippen molar-refractivity contribution in [3.05, 3.63) is 35.9 Å². The molecule has 110 valence electrons. The molecular formula is C18H28N2. The Morgan fingerprint density at radius 1 is 1.10 bits per heavy atom. The molecule has 1 aliphatic carbocycles. The SMILES string of the molecule is CC(CC1CC1)NC1CCN(Cc2ccccc2)CC1. The number of piperidine rings is 1. The highest BCUT2D eigenvalue weighted by Crippen LogP contribution is 2.33. The van der Waals surface area contributed by atoms with E-state index in [-0.39, 0.29) is 0 Å². The molecule has 1 aromatic rings. The summed E-state index contributed by atoms with van der Waals surface area (Å²) < 4.78 is 0. The highest BCUT2D eigenvalue weighted by molar-refractivity contribution is 5.14. The minimum absolute atomic E-state index is 0.716. The molecular weight excluding hydrogens is 244 g/mol. The maximum atomic E-state index is 3.85. The Morgan fingerprint density at radius 2 is 1.80 bits per heavy atom. The minimum Gasteiger partial charge on any atom is -0.311 e. The minimum atomic E-state index is 0.716. The van der Waals surface area contributed by atoms with Crippen LogP contribution >= 0.6 is 0 Å². The largest absolute Gasteiger partial charge is 0.311 e. The lowest BCUT2D eigenvalue weighted by molar-refractivity contribution is 0.183. The van der Waals surface area contributed by atoms with E-state index in [0.717, 1.165) is 18.5 Å². The molecule has 1 saturated carbocycles. The average Bonchev–Trinajstić information content (AvgIpc) is 3.26. The summed E-state index contributed by atoms with van der Waals surface area (Å²) in [5, 5.41) is 3.85. The molecule has 1 heterocycles. The molecule has 1 saturated heterocycles. The lowest BCUT2D eigenvalue weighted by atomic mass is 10.0. The molecule has 2 fully saturated rings. The molecule has 2 heteroatoms. The molecule has 1 aliphatic heterocycles. The molecule has 0 amide bonds. The van der Waals surface area contributed by atoms with Crippen molar-refractivity contribution in [3.8, 4) is 0 Å². The maximum Gasteiger partial charge on any atom is 0.0233 e. The average molecular weight is 272 g/mol.